The van der Waals surface area contributed by atoms with Crippen LogP contribution in [-0.4, -0.2) is 36.2 Å². The molecular weight excluding hydrogens is 312 g/mol. The fourth-order valence-corrected chi connectivity index (χ4v) is 3.56. The van der Waals surface area contributed by atoms with Gasteiger partial charge in [-0.2, -0.15) is 0 Å². The van der Waals surface area contributed by atoms with Crippen molar-refractivity contribution in [3.05, 3.63) is 71.3 Å². The molecule has 0 aliphatic carbocycles. The molecule has 0 radical (unpaired) electrons. The molecule has 0 N–H and O–H groups in total. The zero-order valence-electron chi connectivity index (χ0n) is 15.3. The molecule has 4 heteroatoms. The van der Waals surface area contributed by atoms with Gasteiger partial charge >= 0.3 is 5.97 Å². The van der Waals surface area contributed by atoms with E-state index in [1.54, 1.807) is 0 Å². The van der Waals surface area contributed by atoms with E-state index in [-0.39, 0.29) is 18.1 Å². The SMILES string of the molecule is CC(C)OC(=O)c1ccccc1C1CC(c2ccccc2)N(C)N1C. The van der Waals surface area contributed by atoms with Gasteiger partial charge in [-0.3, -0.25) is 0 Å². The maximum Gasteiger partial charge on any atom is 0.338 e. The van der Waals surface area contributed by atoms with Crippen molar-refractivity contribution in [2.24, 2.45) is 0 Å². The first-order valence-corrected chi connectivity index (χ1v) is 8.79. The van der Waals surface area contributed by atoms with Crippen LogP contribution in [0.2, 0.25) is 0 Å². The van der Waals surface area contributed by atoms with Gasteiger partial charge in [0.15, 0.2) is 0 Å². The minimum absolute atomic E-state index is 0.124. The van der Waals surface area contributed by atoms with E-state index in [4.69, 9.17) is 4.74 Å². The van der Waals surface area contributed by atoms with Crippen LogP contribution in [0, 0.1) is 0 Å². The molecular formula is C21H26N2O2. The summed E-state index contributed by atoms with van der Waals surface area (Å²) in [5.41, 5.74) is 2.98. The van der Waals surface area contributed by atoms with Gasteiger partial charge in [0.2, 0.25) is 0 Å². The van der Waals surface area contributed by atoms with Crippen LogP contribution in [0.5, 0.6) is 0 Å². The van der Waals surface area contributed by atoms with E-state index in [1.165, 1.54) is 5.56 Å². The number of hydrogen-bond acceptors (Lipinski definition) is 4. The topological polar surface area (TPSA) is 32.8 Å². The van der Waals surface area contributed by atoms with Crippen molar-refractivity contribution in [1.29, 1.82) is 0 Å². The lowest BCUT2D eigenvalue weighted by Gasteiger charge is -2.28. The summed E-state index contributed by atoms with van der Waals surface area (Å²) in [4.78, 5) is 12.5. The smallest absolute Gasteiger partial charge is 0.338 e. The summed E-state index contributed by atoms with van der Waals surface area (Å²) in [6, 6.07) is 18.7. The maximum absolute atomic E-state index is 12.5. The molecule has 1 aliphatic heterocycles. The predicted octanol–water partition coefficient (Wildman–Crippen LogP) is 4.22. The van der Waals surface area contributed by atoms with Gasteiger partial charge in [0.05, 0.1) is 23.8 Å². The van der Waals surface area contributed by atoms with Crippen molar-refractivity contribution < 1.29 is 9.53 Å². The first kappa shape index (κ1) is 17.6. The number of ether oxygens (including phenoxy) is 1. The standard InChI is InChI=1S/C21H26N2O2/c1-15(2)25-21(24)18-13-9-8-12-17(18)20-14-19(22(3)23(20)4)16-10-6-5-7-11-16/h5-13,15,19-20H,14H2,1-4H3. The molecule has 4 nitrogen and oxygen atoms in total. The Morgan fingerprint density at radius 1 is 0.960 bits per heavy atom. The molecule has 1 heterocycles. The third-order valence-electron chi connectivity index (χ3n) is 4.91. The van der Waals surface area contributed by atoms with Gasteiger partial charge in [-0.15, -0.1) is 0 Å². The van der Waals surface area contributed by atoms with E-state index in [0.29, 0.717) is 11.6 Å². The highest BCUT2D eigenvalue weighted by Gasteiger charge is 2.37. The summed E-state index contributed by atoms with van der Waals surface area (Å²) in [5, 5.41) is 4.48. The van der Waals surface area contributed by atoms with Gasteiger partial charge in [0, 0.05) is 14.1 Å². The van der Waals surface area contributed by atoms with E-state index in [1.807, 2.05) is 44.2 Å². The Morgan fingerprint density at radius 3 is 2.24 bits per heavy atom. The molecule has 2 atom stereocenters. The third kappa shape index (κ3) is 3.60. The Morgan fingerprint density at radius 2 is 1.56 bits per heavy atom. The predicted molar refractivity (Wildman–Crippen MR) is 99.1 cm³/mol. The Bertz CT molecular complexity index is 730. The van der Waals surface area contributed by atoms with Crippen molar-refractivity contribution in [2.45, 2.75) is 38.5 Å². The molecule has 3 rings (SSSR count). The number of hydrazine groups is 1. The second kappa shape index (κ2) is 7.38. The highest BCUT2D eigenvalue weighted by molar-refractivity contribution is 5.91. The number of carbonyl (C=O) groups is 1. The third-order valence-corrected chi connectivity index (χ3v) is 4.91. The number of nitrogens with zero attached hydrogens (tertiary/aromatic N) is 2. The number of rotatable bonds is 4. The van der Waals surface area contributed by atoms with Crippen LogP contribution in [0.1, 0.15) is 53.8 Å². The molecule has 0 aromatic heterocycles. The summed E-state index contributed by atoms with van der Waals surface area (Å²) >= 11 is 0. The lowest BCUT2D eigenvalue weighted by atomic mass is 9.94. The number of benzene rings is 2. The van der Waals surface area contributed by atoms with Crippen LogP contribution >= 0.6 is 0 Å². The van der Waals surface area contributed by atoms with Gasteiger partial charge in [-0.05, 0) is 37.5 Å². The zero-order valence-corrected chi connectivity index (χ0v) is 15.3. The molecule has 2 unspecified atom stereocenters. The Balaban J connectivity index is 1.91. The fraction of sp³-hybridized carbons (Fsp3) is 0.381. The molecule has 0 spiro atoms. The molecule has 1 aliphatic rings. The average molecular weight is 338 g/mol. The van der Waals surface area contributed by atoms with Crippen molar-refractivity contribution in [3.63, 3.8) is 0 Å². The Hall–Kier alpha value is -2.17. The van der Waals surface area contributed by atoms with E-state index in [0.717, 1.165) is 12.0 Å². The van der Waals surface area contributed by atoms with E-state index < -0.39 is 0 Å². The molecule has 0 saturated carbocycles. The quantitative estimate of drug-likeness (QED) is 0.782. The van der Waals surface area contributed by atoms with Gasteiger partial charge in [0.25, 0.3) is 0 Å². The molecule has 1 saturated heterocycles. The largest absolute Gasteiger partial charge is 0.459 e. The molecule has 132 valence electrons. The molecule has 2 aromatic rings. The second-order valence-electron chi connectivity index (χ2n) is 6.87. The van der Waals surface area contributed by atoms with Crippen LogP contribution in [-0.2, 0) is 4.74 Å². The fourth-order valence-electron chi connectivity index (χ4n) is 3.56. The first-order chi connectivity index (χ1) is 12.0. The minimum atomic E-state index is -0.246. The Labute approximate surface area is 150 Å². The van der Waals surface area contributed by atoms with Crippen LogP contribution in [0.25, 0.3) is 0 Å². The number of carbonyl (C=O) groups excluding carboxylic acids is 1. The summed E-state index contributed by atoms with van der Waals surface area (Å²) in [6.07, 6.45) is 0.810. The first-order valence-electron chi connectivity index (χ1n) is 8.79. The zero-order chi connectivity index (χ0) is 18.0. The molecule has 2 aromatic carbocycles. The van der Waals surface area contributed by atoms with Crippen molar-refractivity contribution in [1.82, 2.24) is 10.0 Å². The lowest BCUT2D eigenvalue weighted by Crippen LogP contribution is -2.32. The summed E-state index contributed by atoms with van der Waals surface area (Å²) in [5.74, 6) is -0.246. The summed E-state index contributed by atoms with van der Waals surface area (Å²) < 4.78 is 5.44. The van der Waals surface area contributed by atoms with Crippen LogP contribution in [0.15, 0.2) is 54.6 Å². The van der Waals surface area contributed by atoms with E-state index in [9.17, 15) is 4.79 Å². The van der Waals surface area contributed by atoms with Crippen LogP contribution in [0.4, 0.5) is 0 Å². The second-order valence-corrected chi connectivity index (χ2v) is 6.87. The van der Waals surface area contributed by atoms with E-state index >= 15 is 0 Å². The van der Waals surface area contributed by atoms with Gasteiger partial charge in [-0.1, -0.05) is 48.5 Å². The van der Waals surface area contributed by atoms with Crippen LogP contribution < -0.4 is 0 Å². The highest BCUT2D eigenvalue weighted by atomic mass is 16.5. The van der Waals surface area contributed by atoms with Gasteiger partial charge in [0.1, 0.15) is 0 Å². The summed E-state index contributed by atoms with van der Waals surface area (Å²) in [6.45, 7) is 3.75. The molecule has 1 fully saturated rings. The summed E-state index contributed by atoms with van der Waals surface area (Å²) in [7, 11) is 4.19. The monoisotopic (exact) mass is 338 g/mol. The molecule has 25 heavy (non-hydrogen) atoms. The van der Waals surface area contributed by atoms with Crippen molar-refractivity contribution in [2.75, 3.05) is 14.1 Å². The average Bonchev–Trinajstić information content (AvgIpc) is 2.90. The normalized spacial score (nSPS) is 21.6. The van der Waals surface area contributed by atoms with Gasteiger partial charge in [-0.25, -0.2) is 14.8 Å². The highest BCUT2D eigenvalue weighted by Crippen LogP contribution is 2.42. The number of esters is 1. The maximum atomic E-state index is 12.5. The number of hydrogen-bond donors (Lipinski definition) is 0. The van der Waals surface area contributed by atoms with E-state index in [2.05, 4.69) is 48.4 Å². The molecule has 0 bridgehead atoms. The Kier molecular flexibility index (Phi) is 5.21. The lowest BCUT2D eigenvalue weighted by molar-refractivity contribution is 0.0236. The van der Waals surface area contributed by atoms with Crippen molar-refractivity contribution in [3.8, 4) is 0 Å². The minimum Gasteiger partial charge on any atom is -0.459 e. The van der Waals surface area contributed by atoms with Crippen molar-refractivity contribution >= 4 is 5.97 Å². The van der Waals surface area contributed by atoms with Crippen LogP contribution in [0.3, 0.4) is 0 Å². The molecule has 0 amide bonds. The van der Waals surface area contributed by atoms with Gasteiger partial charge < -0.3 is 4.74 Å².